The van der Waals surface area contributed by atoms with Gasteiger partial charge >= 0.3 is 5.97 Å². The Labute approximate surface area is 163 Å². The Bertz CT molecular complexity index is 911. The summed E-state index contributed by atoms with van der Waals surface area (Å²) < 4.78 is 7.31. The highest BCUT2D eigenvalue weighted by Crippen LogP contribution is 2.34. The minimum Gasteiger partial charge on any atom is -0.481 e. The molecular weight excluding hydrogens is 360 g/mol. The lowest BCUT2D eigenvalue weighted by molar-refractivity contribution is -0.139. The molecule has 2 rings (SSSR count). The third kappa shape index (κ3) is 4.79. The van der Waals surface area contributed by atoms with Gasteiger partial charge in [-0.1, -0.05) is 31.6 Å². The molecule has 0 bridgehead atoms. The van der Waals surface area contributed by atoms with Gasteiger partial charge in [-0.05, 0) is 38.3 Å². The molecule has 0 saturated carbocycles. The van der Waals surface area contributed by atoms with E-state index >= 15 is 0 Å². The minimum absolute atomic E-state index is 0.171. The molecule has 1 aromatic heterocycles. The van der Waals surface area contributed by atoms with Gasteiger partial charge in [0.2, 0.25) is 0 Å². The second-order valence-corrected chi connectivity index (χ2v) is 6.54. The van der Waals surface area contributed by atoms with E-state index in [2.05, 4.69) is 19.1 Å². The quantitative estimate of drug-likeness (QED) is 0.266. The molecule has 0 aliphatic rings. The van der Waals surface area contributed by atoms with E-state index in [0.717, 1.165) is 25.7 Å². The monoisotopic (exact) mass is 386 g/mol. The van der Waals surface area contributed by atoms with Crippen molar-refractivity contribution >= 4 is 28.6 Å². The lowest BCUT2D eigenvalue weighted by Gasteiger charge is -2.08. The number of hydrogen-bond donors (Lipinski definition) is 2. The van der Waals surface area contributed by atoms with Crippen molar-refractivity contribution in [2.45, 2.75) is 46.1 Å². The van der Waals surface area contributed by atoms with Gasteiger partial charge in [0.1, 0.15) is 5.75 Å². The normalized spacial score (nSPS) is 11.2. The SMILES string of the molecule is CCC/C=C/CCCn1c(C)c(C(=O)C(N)=O)c2c(OCC(=O)O)cccc21. The van der Waals surface area contributed by atoms with Crippen LogP contribution in [0.5, 0.6) is 5.75 Å². The number of amides is 1. The zero-order valence-electron chi connectivity index (χ0n) is 16.2. The molecule has 2 aromatic rings. The van der Waals surface area contributed by atoms with Crippen LogP contribution in [-0.2, 0) is 16.1 Å². The van der Waals surface area contributed by atoms with Crippen molar-refractivity contribution in [2.75, 3.05) is 6.61 Å². The summed E-state index contributed by atoms with van der Waals surface area (Å²) in [5.41, 5.74) is 6.73. The predicted molar refractivity (Wildman–Crippen MR) is 107 cm³/mol. The van der Waals surface area contributed by atoms with E-state index in [9.17, 15) is 14.4 Å². The third-order valence-corrected chi connectivity index (χ3v) is 4.49. The van der Waals surface area contributed by atoms with Gasteiger partial charge in [-0.15, -0.1) is 0 Å². The van der Waals surface area contributed by atoms with Crippen molar-refractivity contribution < 1.29 is 24.2 Å². The Morgan fingerprint density at radius 1 is 1.21 bits per heavy atom. The number of carbonyl (C=O) groups is 3. The highest BCUT2D eigenvalue weighted by Gasteiger charge is 2.25. The molecule has 150 valence electrons. The van der Waals surface area contributed by atoms with E-state index in [1.807, 2.05) is 10.6 Å². The van der Waals surface area contributed by atoms with Crippen LogP contribution in [-0.4, -0.2) is 33.9 Å². The molecule has 0 atom stereocenters. The molecule has 1 amide bonds. The number of aryl methyl sites for hydroxylation is 1. The second kappa shape index (κ2) is 9.73. The Hall–Kier alpha value is -3.09. The number of aromatic nitrogens is 1. The first-order chi connectivity index (χ1) is 13.4. The summed E-state index contributed by atoms with van der Waals surface area (Å²) in [6, 6.07) is 5.14. The number of carboxylic acids is 1. The van der Waals surface area contributed by atoms with Crippen LogP contribution in [0, 0.1) is 6.92 Å². The highest BCUT2D eigenvalue weighted by molar-refractivity contribution is 6.45. The number of fused-ring (bicyclic) bond motifs is 1. The molecule has 0 aliphatic heterocycles. The van der Waals surface area contributed by atoms with Crippen LogP contribution in [0.15, 0.2) is 30.4 Å². The fourth-order valence-corrected chi connectivity index (χ4v) is 3.21. The number of nitrogens with two attached hydrogens (primary N) is 1. The molecule has 28 heavy (non-hydrogen) atoms. The highest BCUT2D eigenvalue weighted by atomic mass is 16.5. The number of carbonyl (C=O) groups excluding carboxylic acids is 2. The maximum Gasteiger partial charge on any atom is 0.341 e. The number of Topliss-reactive ketones (excluding diaryl/α,β-unsaturated/α-hetero) is 1. The number of ether oxygens (including phenoxy) is 1. The fourth-order valence-electron chi connectivity index (χ4n) is 3.21. The van der Waals surface area contributed by atoms with E-state index in [1.165, 1.54) is 0 Å². The van der Waals surface area contributed by atoms with Gasteiger partial charge in [-0.25, -0.2) is 4.79 Å². The van der Waals surface area contributed by atoms with Crippen LogP contribution in [0.25, 0.3) is 10.9 Å². The number of carboxylic acid groups (broad SMARTS) is 1. The minimum atomic E-state index is -1.13. The van der Waals surface area contributed by atoms with Crippen molar-refractivity contribution in [1.29, 1.82) is 0 Å². The van der Waals surface area contributed by atoms with E-state index in [0.29, 0.717) is 23.1 Å². The Kier molecular flexibility index (Phi) is 7.37. The summed E-state index contributed by atoms with van der Waals surface area (Å²) in [5.74, 6) is -2.75. The smallest absolute Gasteiger partial charge is 0.341 e. The van der Waals surface area contributed by atoms with Crippen molar-refractivity contribution in [3.8, 4) is 5.75 Å². The molecule has 7 nitrogen and oxygen atoms in total. The average Bonchev–Trinajstić information content (AvgIpc) is 2.94. The van der Waals surface area contributed by atoms with Gasteiger partial charge in [0.25, 0.3) is 11.7 Å². The first-order valence-corrected chi connectivity index (χ1v) is 9.34. The second-order valence-electron chi connectivity index (χ2n) is 6.54. The molecule has 0 spiro atoms. The zero-order valence-corrected chi connectivity index (χ0v) is 16.2. The van der Waals surface area contributed by atoms with Crippen LogP contribution in [0.2, 0.25) is 0 Å². The van der Waals surface area contributed by atoms with Crippen LogP contribution in [0.3, 0.4) is 0 Å². The predicted octanol–water partition coefficient (Wildman–Crippen LogP) is 3.22. The number of aliphatic carboxylic acids is 1. The number of unbranched alkanes of at least 4 members (excludes halogenated alkanes) is 2. The van der Waals surface area contributed by atoms with Gasteiger partial charge in [0, 0.05) is 12.2 Å². The summed E-state index contributed by atoms with van der Waals surface area (Å²) >= 11 is 0. The topological polar surface area (TPSA) is 112 Å². The average molecular weight is 386 g/mol. The number of allylic oxidation sites excluding steroid dienone is 2. The van der Waals surface area contributed by atoms with Crippen molar-refractivity contribution in [1.82, 2.24) is 4.57 Å². The molecular formula is C21H26N2O5. The number of nitrogens with zero attached hydrogens (tertiary/aromatic N) is 1. The molecule has 0 fully saturated rings. The summed E-state index contributed by atoms with van der Waals surface area (Å²) in [5, 5.41) is 9.32. The molecule has 7 heteroatoms. The maximum absolute atomic E-state index is 12.5. The summed E-state index contributed by atoms with van der Waals surface area (Å²) in [6.07, 6.45) is 8.20. The first kappa shape index (κ1) is 21.2. The molecule has 1 heterocycles. The standard InChI is InChI=1S/C21H26N2O5/c1-3-4-5-6-7-8-12-23-14(2)18(20(26)21(22)27)19-15(23)10-9-11-16(19)28-13-17(24)25/h5-6,9-11H,3-4,7-8,12-13H2,1-2H3,(H2,22,27)(H,24,25)/b6-5+. The molecule has 1 aromatic carbocycles. The number of primary amides is 1. The van der Waals surface area contributed by atoms with Crippen LogP contribution < -0.4 is 10.5 Å². The molecule has 0 saturated heterocycles. The maximum atomic E-state index is 12.5. The Morgan fingerprint density at radius 3 is 2.57 bits per heavy atom. The Balaban J connectivity index is 2.45. The van der Waals surface area contributed by atoms with E-state index in [1.54, 1.807) is 19.1 Å². The largest absolute Gasteiger partial charge is 0.481 e. The lowest BCUT2D eigenvalue weighted by Crippen LogP contribution is -2.24. The summed E-state index contributed by atoms with van der Waals surface area (Å²) in [6.45, 7) is 3.98. The van der Waals surface area contributed by atoms with Gasteiger partial charge in [0.15, 0.2) is 6.61 Å². The van der Waals surface area contributed by atoms with E-state index in [-0.39, 0.29) is 11.3 Å². The van der Waals surface area contributed by atoms with Crippen molar-refractivity contribution in [2.24, 2.45) is 5.73 Å². The molecule has 3 N–H and O–H groups in total. The number of benzene rings is 1. The molecule has 0 radical (unpaired) electrons. The van der Waals surface area contributed by atoms with Gasteiger partial charge in [-0.3, -0.25) is 9.59 Å². The molecule has 0 aliphatic carbocycles. The lowest BCUT2D eigenvalue weighted by atomic mass is 10.1. The first-order valence-electron chi connectivity index (χ1n) is 9.34. The van der Waals surface area contributed by atoms with Gasteiger partial charge in [0.05, 0.1) is 16.5 Å². The van der Waals surface area contributed by atoms with E-state index in [4.69, 9.17) is 15.6 Å². The van der Waals surface area contributed by atoms with Crippen LogP contribution in [0.4, 0.5) is 0 Å². The van der Waals surface area contributed by atoms with E-state index < -0.39 is 24.3 Å². The zero-order chi connectivity index (χ0) is 20.7. The van der Waals surface area contributed by atoms with Crippen molar-refractivity contribution in [3.63, 3.8) is 0 Å². The summed E-state index contributed by atoms with van der Waals surface area (Å²) in [7, 11) is 0. The number of ketones is 1. The van der Waals surface area contributed by atoms with Gasteiger partial charge in [-0.2, -0.15) is 0 Å². The van der Waals surface area contributed by atoms with Crippen molar-refractivity contribution in [3.05, 3.63) is 41.6 Å². The van der Waals surface area contributed by atoms with Gasteiger partial charge < -0.3 is 20.1 Å². The summed E-state index contributed by atoms with van der Waals surface area (Å²) in [4.78, 5) is 34.9. The third-order valence-electron chi connectivity index (χ3n) is 4.49. The number of hydrogen-bond acceptors (Lipinski definition) is 4. The van der Waals surface area contributed by atoms with Crippen LogP contribution in [0.1, 0.15) is 48.7 Å². The Morgan fingerprint density at radius 2 is 1.93 bits per heavy atom. The fraction of sp³-hybridized carbons (Fsp3) is 0.381. The molecule has 0 unspecified atom stereocenters. The number of rotatable bonds is 11. The van der Waals surface area contributed by atoms with Crippen LogP contribution >= 0.6 is 0 Å².